The number of aliphatic hydroxyl groups is 1. The van der Waals surface area contributed by atoms with E-state index in [1.54, 1.807) is 6.92 Å². The van der Waals surface area contributed by atoms with Crippen LogP contribution in [0.1, 0.15) is 22.8 Å². The van der Waals surface area contributed by atoms with Crippen molar-refractivity contribution in [1.29, 1.82) is 0 Å². The molecular formula is C10H14O2. The minimum Gasteiger partial charge on any atom is -0.397 e. The van der Waals surface area contributed by atoms with E-state index in [9.17, 15) is 4.79 Å². The first-order valence-corrected chi connectivity index (χ1v) is 3.88. The molecule has 0 saturated heterocycles. The quantitative estimate of drug-likeness (QED) is 0.646. The molecule has 2 heteroatoms. The molecular weight excluding hydrogens is 152 g/mol. The lowest BCUT2D eigenvalue weighted by molar-refractivity contribution is 0.112. The van der Waals surface area contributed by atoms with Crippen molar-refractivity contribution in [3.8, 4) is 0 Å². The molecule has 0 amide bonds. The first kappa shape index (κ1) is 10.8. The molecule has 0 aliphatic rings. The number of hydrogen-bond acceptors (Lipinski definition) is 2. The summed E-state index contributed by atoms with van der Waals surface area (Å²) in [4.78, 5) is 10.2. The lowest BCUT2D eigenvalue weighted by Crippen LogP contribution is -1.82. The van der Waals surface area contributed by atoms with Gasteiger partial charge in [0.25, 0.3) is 0 Å². The Bertz CT molecular complexity index is 231. The monoisotopic (exact) mass is 166 g/mol. The molecule has 0 atom stereocenters. The highest BCUT2D eigenvalue weighted by Gasteiger charge is 1.90. The summed E-state index contributed by atoms with van der Waals surface area (Å²) < 4.78 is 0. The molecule has 0 bridgehead atoms. The summed E-state index contributed by atoms with van der Waals surface area (Å²) in [6.07, 6.45) is 0.870. The van der Waals surface area contributed by atoms with Gasteiger partial charge in [-0.15, -0.1) is 0 Å². The summed E-state index contributed by atoms with van der Waals surface area (Å²) in [7, 11) is 0. The van der Waals surface area contributed by atoms with Gasteiger partial charge in [0, 0.05) is 12.2 Å². The van der Waals surface area contributed by atoms with Crippen molar-refractivity contribution in [2.45, 2.75) is 13.8 Å². The Hall–Kier alpha value is -1.15. The summed E-state index contributed by atoms with van der Waals surface area (Å²) in [5, 5.41) is 7.57. The van der Waals surface area contributed by atoms with Crippen LogP contribution < -0.4 is 0 Å². The molecule has 0 aromatic heterocycles. The Morgan fingerprint density at radius 1 is 1.42 bits per heavy atom. The number of carbonyl (C=O) groups excluding carboxylic acids is 1. The van der Waals surface area contributed by atoms with E-state index < -0.39 is 0 Å². The van der Waals surface area contributed by atoms with E-state index in [0.717, 1.165) is 17.4 Å². The zero-order chi connectivity index (χ0) is 9.40. The van der Waals surface area contributed by atoms with Crippen molar-refractivity contribution in [3.63, 3.8) is 0 Å². The first-order chi connectivity index (χ1) is 5.76. The Labute approximate surface area is 72.9 Å². The van der Waals surface area contributed by atoms with E-state index in [1.165, 1.54) is 0 Å². The van der Waals surface area contributed by atoms with Crippen molar-refractivity contribution < 1.29 is 9.90 Å². The van der Waals surface area contributed by atoms with Crippen LogP contribution in [0.25, 0.3) is 0 Å². The number of rotatable bonds is 1. The number of aliphatic hydroxyl groups excluding tert-OH is 1. The third-order valence-electron chi connectivity index (χ3n) is 1.32. The molecule has 66 valence electrons. The number of hydrogen-bond donors (Lipinski definition) is 1. The Kier molecular flexibility index (Phi) is 5.93. The van der Waals surface area contributed by atoms with Crippen molar-refractivity contribution in [2.75, 3.05) is 6.61 Å². The summed E-state index contributed by atoms with van der Waals surface area (Å²) in [5.41, 5.74) is 1.81. The summed E-state index contributed by atoms with van der Waals surface area (Å²) >= 11 is 0. The van der Waals surface area contributed by atoms with Gasteiger partial charge >= 0.3 is 0 Å². The maximum atomic E-state index is 10.2. The highest BCUT2D eigenvalue weighted by Crippen LogP contribution is 2.02. The van der Waals surface area contributed by atoms with Crippen molar-refractivity contribution in [2.24, 2.45) is 0 Å². The van der Waals surface area contributed by atoms with E-state index >= 15 is 0 Å². The molecule has 1 N–H and O–H groups in total. The average molecular weight is 166 g/mol. The lowest BCUT2D eigenvalue weighted by Gasteiger charge is -1.92. The predicted octanol–water partition coefficient (Wildman–Crippen LogP) is 1.81. The Morgan fingerprint density at radius 2 is 1.92 bits per heavy atom. The van der Waals surface area contributed by atoms with Gasteiger partial charge < -0.3 is 5.11 Å². The Morgan fingerprint density at radius 3 is 2.25 bits per heavy atom. The SMILES string of the molecule is CCO.Cc1ccccc1C=O. The van der Waals surface area contributed by atoms with Crippen LogP contribution in [0.5, 0.6) is 0 Å². The van der Waals surface area contributed by atoms with Gasteiger partial charge in [0.2, 0.25) is 0 Å². The summed E-state index contributed by atoms with van der Waals surface area (Å²) in [6, 6.07) is 7.51. The minimum absolute atomic E-state index is 0.250. The maximum Gasteiger partial charge on any atom is 0.150 e. The highest BCUT2D eigenvalue weighted by atomic mass is 16.2. The molecule has 0 heterocycles. The Balaban J connectivity index is 0.000000354. The molecule has 1 rings (SSSR count). The molecule has 0 aliphatic carbocycles. The summed E-state index contributed by atoms with van der Waals surface area (Å²) in [6.45, 7) is 3.85. The second-order valence-electron chi connectivity index (χ2n) is 2.29. The topological polar surface area (TPSA) is 37.3 Å². The van der Waals surface area contributed by atoms with Gasteiger partial charge in [-0.2, -0.15) is 0 Å². The second kappa shape index (κ2) is 6.55. The van der Waals surface area contributed by atoms with Crippen LogP contribution in [0.15, 0.2) is 24.3 Å². The van der Waals surface area contributed by atoms with Gasteiger partial charge in [-0.05, 0) is 19.4 Å². The van der Waals surface area contributed by atoms with Crippen LogP contribution in [0.3, 0.4) is 0 Å². The smallest absolute Gasteiger partial charge is 0.150 e. The lowest BCUT2D eigenvalue weighted by atomic mass is 10.1. The van der Waals surface area contributed by atoms with E-state index in [0.29, 0.717) is 0 Å². The fourth-order valence-electron chi connectivity index (χ4n) is 0.719. The zero-order valence-corrected chi connectivity index (χ0v) is 7.45. The second-order valence-corrected chi connectivity index (χ2v) is 2.29. The van der Waals surface area contributed by atoms with Gasteiger partial charge in [-0.25, -0.2) is 0 Å². The number of aryl methyl sites for hydroxylation is 1. The van der Waals surface area contributed by atoms with Crippen LogP contribution in [0, 0.1) is 6.92 Å². The molecule has 0 spiro atoms. The fourth-order valence-corrected chi connectivity index (χ4v) is 0.719. The van der Waals surface area contributed by atoms with Gasteiger partial charge in [0.05, 0.1) is 0 Å². The number of carbonyl (C=O) groups is 1. The number of aldehydes is 1. The van der Waals surface area contributed by atoms with E-state index in [2.05, 4.69) is 0 Å². The highest BCUT2D eigenvalue weighted by molar-refractivity contribution is 5.76. The van der Waals surface area contributed by atoms with E-state index in [4.69, 9.17) is 5.11 Å². The molecule has 0 fully saturated rings. The molecule has 0 saturated carbocycles. The zero-order valence-electron chi connectivity index (χ0n) is 7.45. The van der Waals surface area contributed by atoms with Crippen LogP contribution in [0.2, 0.25) is 0 Å². The van der Waals surface area contributed by atoms with Crippen LogP contribution in [-0.4, -0.2) is 18.0 Å². The van der Waals surface area contributed by atoms with Crippen LogP contribution >= 0.6 is 0 Å². The number of benzene rings is 1. The maximum absolute atomic E-state index is 10.2. The van der Waals surface area contributed by atoms with Crippen molar-refractivity contribution >= 4 is 6.29 Å². The van der Waals surface area contributed by atoms with Gasteiger partial charge in [0.15, 0.2) is 0 Å². The van der Waals surface area contributed by atoms with Crippen molar-refractivity contribution in [1.82, 2.24) is 0 Å². The molecule has 2 nitrogen and oxygen atoms in total. The first-order valence-electron chi connectivity index (χ1n) is 3.88. The fraction of sp³-hybridized carbons (Fsp3) is 0.300. The van der Waals surface area contributed by atoms with Gasteiger partial charge in [0.1, 0.15) is 6.29 Å². The van der Waals surface area contributed by atoms with Crippen LogP contribution in [0.4, 0.5) is 0 Å². The van der Waals surface area contributed by atoms with Crippen LogP contribution in [-0.2, 0) is 0 Å². The largest absolute Gasteiger partial charge is 0.397 e. The summed E-state index contributed by atoms with van der Waals surface area (Å²) in [5.74, 6) is 0. The molecule has 0 radical (unpaired) electrons. The normalized spacial score (nSPS) is 8.25. The van der Waals surface area contributed by atoms with Gasteiger partial charge in [-0.3, -0.25) is 4.79 Å². The molecule has 0 unspecified atom stereocenters. The third kappa shape index (κ3) is 3.88. The van der Waals surface area contributed by atoms with E-state index in [1.807, 2.05) is 31.2 Å². The molecule has 1 aromatic carbocycles. The standard InChI is InChI=1S/C8H8O.C2H6O/c1-7-4-2-3-5-8(7)6-9;1-2-3/h2-6H,1H3;3H,2H2,1H3. The molecule has 1 aromatic rings. The van der Waals surface area contributed by atoms with Gasteiger partial charge in [-0.1, -0.05) is 24.3 Å². The molecule has 0 aliphatic heterocycles. The average Bonchev–Trinajstić information content (AvgIpc) is 2.07. The van der Waals surface area contributed by atoms with Crippen molar-refractivity contribution in [3.05, 3.63) is 35.4 Å². The van der Waals surface area contributed by atoms with E-state index in [-0.39, 0.29) is 6.61 Å². The minimum atomic E-state index is 0.250. The third-order valence-corrected chi connectivity index (χ3v) is 1.32. The molecule has 12 heavy (non-hydrogen) atoms. The predicted molar refractivity (Wildman–Crippen MR) is 49.3 cm³/mol.